The van der Waals surface area contributed by atoms with Crippen molar-refractivity contribution in [1.29, 1.82) is 0 Å². The molecule has 0 saturated carbocycles. The van der Waals surface area contributed by atoms with E-state index in [1.54, 1.807) is 12.1 Å². The van der Waals surface area contributed by atoms with Gasteiger partial charge in [0.25, 0.3) is 0 Å². The summed E-state index contributed by atoms with van der Waals surface area (Å²) in [5, 5.41) is 3.15. The summed E-state index contributed by atoms with van der Waals surface area (Å²) >= 11 is 3.23. The molecule has 0 spiro atoms. The van der Waals surface area contributed by atoms with E-state index in [9.17, 15) is 12.8 Å². The lowest BCUT2D eigenvalue weighted by atomic mass is 10.2. The van der Waals surface area contributed by atoms with Gasteiger partial charge >= 0.3 is 0 Å². The summed E-state index contributed by atoms with van der Waals surface area (Å²) in [5.74, 6) is 0. The molecule has 0 amide bonds. The van der Waals surface area contributed by atoms with E-state index in [0.717, 1.165) is 12.1 Å². The highest BCUT2D eigenvalue weighted by Gasteiger charge is 2.17. The van der Waals surface area contributed by atoms with E-state index in [1.165, 1.54) is 6.07 Å². The minimum Gasteiger partial charge on any atom is -0.313 e. The molecular formula is C11H16BrFN2O2S. The van der Waals surface area contributed by atoms with Gasteiger partial charge < -0.3 is 5.32 Å². The van der Waals surface area contributed by atoms with E-state index in [4.69, 9.17) is 0 Å². The average molecular weight is 339 g/mol. The average Bonchev–Trinajstić information content (AvgIpc) is 2.33. The molecule has 4 nitrogen and oxygen atoms in total. The Morgan fingerprint density at radius 1 is 1.39 bits per heavy atom. The van der Waals surface area contributed by atoms with Gasteiger partial charge in [0.2, 0.25) is 10.0 Å². The molecule has 1 rings (SSSR count). The Bertz CT molecular complexity index is 494. The van der Waals surface area contributed by atoms with Crippen LogP contribution in [-0.4, -0.2) is 28.2 Å². The maximum absolute atomic E-state index is 12.0. The summed E-state index contributed by atoms with van der Waals surface area (Å²) in [7, 11) is -3.65. The van der Waals surface area contributed by atoms with Gasteiger partial charge in [-0.2, -0.15) is 0 Å². The van der Waals surface area contributed by atoms with Crippen LogP contribution in [0.1, 0.15) is 12.5 Å². The number of rotatable bonds is 7. The Morgan fingerprint density at radius 3 is 2.67 bits per heavy atom. The minimum absolute atomic E-state index is 0.121. The van der Waals surface area contributed by atoms with Crippen molar-refractivity contribution in [2.75, 3.05) is 19.8 Å². The fraction of sp³-hybridized carbons (Fsp3) is 0.455. The maximum Gasteiger partial charge on any atom is 0.241 e. The Balaban J connectivity index is 2.91. The molecule has 0 aliphatic rings. The number of sulfonamides is 1. The molecule has 0 unspecified atom stereocenters. The van der Waals surface area contributed by atoms with E-state index in [-0.39, 0.29) is 11.4 Å². The molecule has 0 heterocycles. The molecule has 0 aliphatic carbocycles. The van der Waals surface area contributed by atoms with Gasteiger partial charge in [-0.1, -0.05) is 13.0 Å². The Hall–Kier alpha value is -0.500. The van der Waals surface area contributed by atoms with E-state index in [0.29, 0.717) is 11.0 Å². The SMILES string of the molecule is CCNCc1ccc(S(=O)(=O)NCCF)c(Br)c1. The van der Waals surface area contributed by atoms with Gasteiger partial charge in [0.1, 0.15) is 6.67 Å². The first kappa shape index (κ1) is 15.6. The Labute approximate surface area is 115 Å². The van der Waals surface area contributed by atoms with Gasteiger partial charge in [-0.3, -0.25) is 0 Å². The highest BCUT2D eigenvalue weighted by atomic mass is 79.9. The maximum atomic E-state index is 12.0. The van der Waals surface area contributed by atoms with Gasteiger partial charge in [0, 0.05) is 17.6 Å². The third-order valence-electron chi connectivity index (χ3n) is 2.25. The van der Waals surface area contributed by atoms with Crippen LogP contribution in [0.5, 0.6) is 0 Å². The first-order chi connectivity index (χ1) is 8.51. The number of halogens is 2. The normalized spacial score (nSPS) is 11.7. The number of hydrogen-bond donors (Lipinski definition) is 2. The van der Waals surface area contributed by atoms with Crippen molar-refractivity contribution in [2.24, 2.45) is 0 Å². The highest BCUT2D eigenvalue weighted by Crippen LogP contribution is 2.23. The van der Waals surface area contributed by atoms with Gasteiger partial charge in [-0.05, 0) is 40.2 Å². The standard InChI is InChI=1S/C11H16BrFN2O2S/c1-2-14-8-9-3-4-11(10(12)7-9)18(16,17)15-6-5-13/h3-4,7,14-15H,2,5-6,8H2,1H3. The zero-order valence-corrected chi connectivity index (χ0v) is 12.4. The lowest BCUT2D eigenvalue weighted by Crippen LogP contribution is -2.26. The lowest BCUT2D eigenvalue weighted by molar-refractivity contribution is 0.486. The van der Waals surface area contributed by atoms with Gasteiger partial charge in [0.05, 0.1) is 4.90 Å². The van der Waals surface area contributed by atoms with E-state index in [1.807, 2.05) is 6.92 Å². The predicted octanol–water partition coefficient (Wildman–Crippen LogP) is 1.81. The van der Waals surface area contributed by atoms with E-state index in [2.05, 4.69) is 26.0 Å². The molecule has 0 atom stereocenters. The number of hydrogen-bond acceptors (Lipinski definition) is 3. The molecule has 18 heavy (non-hydrogen) atoms. The predicted molar refractivity (Wildman–Crippen MR) is 72.7 cm³/mol. The van der Waals surface area contributed by atoms with Crippen molar-refractivity contribution in [3.05, 3.63) is 28.2 Å². The van der Waals surface area contributed by atoms with Crippen molar-refractivity contribution < 1.29 is 12.8 Å². The molecule has 1 aromatic rings. The lowest BCUT2D eigenvalue weighted by Gasteiger charge is -2.09. The highest BCUT2D eigenvalue weighted by molar-refractivity contribution is 9.10. The smallest absolute Gasteiger partial charge is 0.241 e. The van der Waals surface area contributed by atoms with Crippen molar-refractivity contribution in [2.45, 2.75) is 18.4 Å². The fourth-order valence-corrected chi connectivity index (χ4v) is 3.52. The molecule has 0 fully saturated rings. The van der Waals surface area contributed by atoms with Crippen LogP contribution in [0, 0.1) is 0 Å². The van der Waals surface area contributed by atoms with Gasteiger partial charge in [0.15, 0.2) is 0 Å². The van der Waals surface area contributed by atoms with Crippen LogP contribution in [0.2, 0.25) is 0 Å². The van der Waals surface area contributed by atoms with Crippen LogP contribution in [0.3, 0.4) is 0 Å². The third kappa shape index (κ3) is 4.31. The third-order valence-corrected chi connectivity index (χ3v) is 4.69. The Morgan fingerprint density at radius 2 is 2.11 bits per heavy atom. The van der Waals surface area contributed by atoms with E-state index >= 15 is 0 Å². The Kier molecular flexibility index (Phi) is 6.20. The second kappa shape index (κ2) is 7.18. The molecular weight excluding hydrogens is 323 g/mol. The van der Waals surface area contributed by atoms with Crippen molar-refractivity contribution >= 4 is 26.0 Å². The number of alkyl halides is 1. The largest absolute Gasteiger partial charge is 0.313 e. The summed E-state index contributed by atoms with van der Waals surface area (Å²) in [6.07, 6.45) is 0. The summed E-state index contributed by atoms with van der Waals surface area (Å²) < 4.78 is 38.3. The monoisotopic (exact) mass is 338 g/mol. The first-order valence-corrected chi connectivity index (χ1v) is 7.83. The fourth-order valence-electron chi connectivity index (χ4n) is 1.39. The van der Waals surface area contributed by atoms with Crippen molar-refractivity contribution in [3.63, 3.8) is 0 Å². The van der Waals surface area contributed by atoms with Crippen LogP contribution in [0.4, 0.5) is 4.39 Å². The quantitative estimate of drug-likeness (QED) is 0.797. The van der Waals surface area contributed by atoms with Crippen molar-refractivity contribution in [3.8, 4) is 0 Å². The summed E-state index contributed by atoms with van der Waals surface area (Å²) in [6, 6.07) is 4.99. The molecule has 0 radical (unpaired) electrons. The minimum atomic E-state index is -3.65. The number of benzene rings is 1. The molecule has 102 valence electrons. The molecule has 0 aliphatic heterocycles. The molecule has 2 N–H and O–H groups in total. The molecule has 7 heteroatoms. The van der Waals surface area contributed by atoms with E-state index < -0.39 is 16.7 Å². The van der Waals surface area contributed by atoms with Crippen LogP contribution >= 0.6 is 15.9 Å². The summed E-state index contributed by atoms with van der Waals surface area (Å²) in [4.78, 5) is 0.121. The second-order valence-electron chi connectivity index (χ2n) is 3.63. The van der Waals surface area contributed by atoms with Crippen molar-refractivity contribution in [1.82, 2.24) is 10.0 Å². The van der Waals surface area contributed by atoms with Gasteiger partial charge in [-0.15, -0.1) is 0 Å². The molecule has 0 bridgehead atoms. The zero-order valence-electron chi connectivity index (χ0n) is 10.0. The summed E-state index contributed by atoms with van der Waals surface area (Å²) in [6.45, 7) is 2.57. The van der Waals surface area contributed by atoms with Gasteiger partial charge in [-0.25, -0.2) is 17.5 Å². The first-order valence-electron chi connectivity index (χ1n) is 5.56. The zero-order chi connectivity index (χ0) is 13.6. The number of nitrogens with one attached hydrogen (secondary N) is 2. The summed E-state index contributed by atoms with van der Waals surface area (Å²) in [5.41, 5.74) is 0.980. The molecule has 1 aromatic carbocycles. The second-order valence-corrected chi connectivity index (χ2v) is 6.22. The van der Waals surface area contributed by atoms with Crippen LogP contribution in [-0.2, 0) is 16.6 Å². The van der Waals surface area contributed by atoms with Crippen LogP contribution < -0.4 is 10.0 Å². The topological polar surface area (TPSA) is 58.2 Å². The molecule has 0 saturated heterocycles. The molecule has 0 aromatic heterocycles. The van der Waals surface area contributed by atoms with Crippen LogP contribution in [0.15, 0.2) is 27.6 Å². The van der Waals surface area contributed by atoms with Crippen LogP contribution in [0.25, 0.3) is 0 Å².